The Labute approximate surface area is 131 Å². The Bertz CT molecular complexity index is 581. The minimum atomic E-state index is 0.0292. The number of carbonyl (C=O) groups excluding carboxylic acids is 1. The van der Waals surface area contributed by atoms with E-state index in [1.54, 1.807) is 6.20 Å². The summed E-state index contributed by atoms with van der Waals surface area (Å²) in [5, 5.41) is 3.37. The molecule has 22 heavy (non-hydrogen) atoms. The lowest BCUT2D eigenvalue weighted by Gasteiger charge is -2.13. The van der Waals surface area contributed by atoms with Crippen LogP contribution in [-0.2, 0) is 9.53 Å². The number of allylic oxidation sites excluding steroid dienone is 2. The summed E-state index contributed by atoms with van der Waals surface area (Å²) in [6.07, 6.45) is 6.64. The number of aryl methyl sites for hydroxylation is 1. The molecule has 0 spiro atoms. The molecule has 1 saturated carbocycles. The molecule has 1 aliphatic carbocycles. The summed E-state index contributed by atoms with van der Waals surface area (Å²) >= 11 is 0. The molecule has 2 rings (SSSR count). The predicted octanol–water partition coefficient (Wildman–Crippen LogP) is 3.12. The van der Waals surface area contributed by atoms with Gasteiger partial charge in [-0.3, -0.25) is 14.8 Å². The summed E-state index contributed by atoms with van der Waals surface area (Å²) < 4.78 is 5.06. The Morgan fingerprint density at radius 3 is 3.00 bits per heavy atom. The van der Waals surface area contributed by atoms with E-state index in [1.165, 1.54) is 0 Å². The minimum absolute atomic E-state index is 0.0292. The standard InChI is InChI=1S/C17H23N3O2/c1-12(20-16-5-4-8-19-13(16)2)9-17(18-3)14-6-7-15(10-14)22-11-21/h4-5,8-9,11,14-15,20H,6-7,10H2,1-3H3/b12-9+,18-17?. The van der Waals surface area contributed by atoms with Crippen molar-refractivity contribution in [1.82, 2.24) is 4.98 Å². The molecule has 0 amide bonds. The van der Waals surface area contributed by atoms with Crippen molar-refractivity contribution in [1.29, 1.82) is 0 Å². The second-order valence-corrected chi connectivity index (χ2v) is 5.60. The monoisotopic (exact) mass is 301 g/mol. The third-order valence-corrected chi connectivity index (χ3v) is 4.01. The number of hydrogen-bond acceptors (Lipinski definition) is 5. The van der Waals surface area contributed by atoms with E-state index < -0.39 is 0 Å². The van der Waals surface area contributed by atoms with Gasteiger partial charge in [0.05, 0.1) is 11.4 Å². The van der Waals surface area contributed by atoms with E-state index in [2.05, 4.69) is 21.4 Å². The highest BCUT2D eigenvalue weighted by Crippen LogP contribution is 2.29. The molecule has 118 valence electrons. The molecule has 0 saturated heterocycles. The average Bonchev–Trinajstić information content (AvgIpc) is 2.96. The van der Waals surface area contributed by atoms with Crippen LogP contribution in [0, 0.1) is 12.8 Å². The number of carbonyl (C=O) groups is 1. The van der Waals surface area contributed by atoms with Gasteiger partial charge in [0.15, 0.2) is 0 Å². The molecule has 2 atom stereocenters. The number of anilines is 1. The Kier molecular flexibility index (Phi) is 5.69. The first-order valence-corrected chi connectivity index (χ1v) is 7.56. The smallest absolute Gasteiger partial charge is 0.293 e. The molecule has 1 aromatic heterocycles. The van der Waals surface area contributed by atoms with Crippen LogP contribution in [0.4, 0.5) is 5.69 Å². The first-order chi connectivity index (χ1) is 10.6. The third kappa shape index (κ3) is 4.16. The Balaban J connectivity index is 2.03. The van der Waals surface area contributed by atoms with Crippen LogP contribution in [0.2, 0.25) is 0 Å². The summed E-state index contributed by atoms with van der Waals surface area (Å²) in [5.74, 6) is 0.349. The van der Waals surface area contributed by atoms with Crippen molar-refractivity contribution in [2.24, 2.45) is 10.9 Å². The van der Waals surface area contributed by atoms with Gasteiger partial charge >= 0.3 is 0 Å². The van der Waals surface area contributed by atoms with Gasteiger partial charge in [-0.25, -0.2) is 0 Å². The van der Waals surface area contributed by atoms with Gasteiger partial charge in [-0.15, -0.1) is 0 Å². The van der Waals surface area contributed by atoms with Crippen LogP contribution in [0.15, 0.2) is 35.1 Å². The SMILES string of the molecule is CN=C(/C=C(\C)Nc1cccnc1C)C1CCC(OC=O)C1. The highest BCUT2D eigenvalue weighted by Gasteiger charge is 2.28. The maximum absolute atomic E-state index is 10.4. The quantitative estimate of drug-likeness (QED) is 0.647. The zero-order chi connectivity index (χ0) is 15.9. The largest absolute Gasteiger partial charge is 0.465 e. The maximum atomic E-state index is 10.4. The van der Waals surface area contributed by atoms with Gasteiger partial charge < -0.3 is 10.1 Å². The van der Waals surface area contributed by atoms with E-state index >= 15 is 0 Å². The number of nitrogens with zero attached hydrogens (tertiary/aromatic N) is 2. The fourth-order valence-corrected chi connectivity index (χ4v) is 2.86. The molecule has 1 N–H and O–H groups in total. The van der Waals surface area contributed by atoms with Crippen LogP contribution >= 0.6 is 0 Å². The molecule has 5 nitrogen and oxygen atoms in total. The van der Waals surface area contributed by atoms with Crippen molar-refractivity contribution in [3.8, 4) is 0 Å². The maximum Gasteiger partial charge on any atom is 0.293 e. The van der Waals surface area contributed by atoms with Gasteiger partial charge in [0.25, 0.3) is 6.47 Å². The van der Waals surface area contributed by atoms with Crippen molar-refractivity contribution in [3.05, 3.63) is 35.8 Å². The van der Waals surface area contributed by atoms with Crippen LogP contribution < -0.4 is 5.32 Å². The van der Waals surface area contributed by atoms with Crippen molar-refractivity contribution in [3.63, 3.8) is 0 Å². The molecule has 0 aromatic carbocycles. The number of aliphatic imine (C=N–C) groups is 1. The second kappa shape index (κ2) is 7.73. The topological polar surface area (TPSA) is 63.6 Å². The molecule has 0 radical (unpaired) electrons. The summed E-state index contributed by atoms with van der Waals surface area (Å²) in [7, 11) is 1.81. The number of nitrogens with one attached hydrogen (secondary N) is 1. The highest BCUT2D eigenvalue weighted by molar-refractivity contribution is 5.97. The van der Waals surface area contributed by atoms with Gasteiger partial charge in [0.1, 0.15) is 6.10 Å². The zero-order valence-electron chi connectivity index (χ0n) is 13.4. The molecule has 1 heterocycles. The van der Waals surface area contributed by atoms with E-state index in [-0.39, 0.29) is 6.10 Å². The van der Waals surface area contributed by atoms with Gasteiger partial charge in [-0.2, -0.15) is 0 Å². The Morgan fingerprint density at radius 2 is 2.32 bits per heavy atom. The van der Waals surface area contributed by atoms with E-state index in [9.17, 15) is 4.79 Å². The van der Waals surface area contributed by atoms with Crippen LogP contribution in [-0.4, -0.2) is 30.3 Å². The first-order valence-electron chi connectivity index (χ1n) is 7.56. The fourth-order valence-electron chi connectivity index (χ4n) is 2.86. The van der Waals surface area contributed by atoms with E-state index in [4.69, 9.17) is 4.74 Å². The van der Waals surface area contributed by atoms with E-state index in [1.807, 2.05) is 33.0 Å². The van der Waals surface area contributed by atoms with E-state index in [0.717, 1.165) is 42.1 Å². The van der Waals surface area contributed by atoms with Crippen LogP contribution in [0.25, 0.3) is 0 Å². The molecule has 1 fully saturated rings. The van der Waals surface area contributed by atoms with Crippen LogP contribution in [0.1, 0.15) is 31.9 Å². The number of rotatable bonds is 6. The lowest BCUT2D eigenvalue weighted by atomic mass is 10.0. The predicted molar refractivity (Wildman–Crippen MR) is 88.0 cm³/mol. The summed E-state index contributed by atoms with van der Waals surface area (Å²) in [4.78, 5) is 19.1. The molecule has 1 aromatic rings. The molecule has 1 aliphatic rings. The van der Waals surface area contributed by atoms with Crippen molar-refractivity contribution < 1.29 is 9.53 Å². The first kappa shape index (κ1) is 16.2. The van der Waals surface area contributed by atoms with Crippen LogP contribution in [0.3, 0.4) is 0 Å². The average molecular weight is 301 g/mol. The van der Waals surface area contributed by atoms with Gasteiger partial charge in [-0.05, 0) is 51.3 Å². The zero-order valence-corrected chi connectivity index (χ0v) is 13.4. The number of hydrogen-bond donors (Lipinski definition) is 1. The Morgan fingerprint density at radius 1 is 1.50 bits per heavy atom. The summed E-state index contributed by atoms with van der Waals surface area (Å²) in [5.41, 5.74) is 4.03. The van der Waals surface area contributed by atoms with Crippen molar-refractivity contribution in [2.45, 2.75) is 39.2 Å². The van der Waals surface area contributed by atoms with Crippen molar-refractivity contribution in [2.75, 3.05) is 12.4 Å². The lowest BCUT2D eigenvalue weighted by molar-refractivity contribution is -0.133. The third-order valence-electron chi connectivity index (χ3n) is 4.01. The van der Waals surface area contributed by atoms with Crippen molar-refractivity contribution >= 4 is 17.9 Å². The number of ether oxygens (including phenoxy) is 1. The lowest BCUT2D eigenvalue weighted by Crippen LogP contribution is -2.13. The fraction of sp³-hybridized carbons (Fsp3) is 0.471. The van der Waals surface area contributed by atoms with Gasteiger partial charge in [-0.1, -0.05) is 0 Å². The molecule has 5 heteroatoms. The van der Waals surface area contributed by atoms with Gasteiger partial charge in [0.2, 0.25) is 0 Å². The molecule has 0 aliphatic heterocycles. The minimum Gasteiger partial charge on any atom is -0.465 e. The molecule has 0 bridgehead atoms. The van der Waals surface area contributed by atoms with Gasteiger partial charge in [0, 0.05) is 30.6 Å². The highest BCUT2D eigenvalue weighted by atomic mass is 16.5. The van der Waals surface area contributed by atoms with E-state index in [0.29, 0.717) is 12.4 Å². The molecular formula is C17H23N3O2. The normalized spacial score (nSPS) is 22.5. The van der Waals surface area contributed by atoms with Crippen LogP contribution in [0.5, 0.6) is 0 Å². The number of aromatic nitrogens is 1. The molecule has 2 unspecified atom stereocenters. The second-order valence-electron chi connectivity index (χ2n) is 5.60. The summed E-state index contributed by atoms with van der Waals surface area (Å²) in [6, 6.07) is 3.92. The summed E-state index contributed by atoms with van der Waals surface area (Å²) in [6.45, 7) is 4.54. The Hall–Kier alpha value is -2.17. The molecular weight excluding hydrogens is 278 g/mol. The number of pyridine rings is 1.